The maximum atomic E-state index is 12.1. The van der Waals surface area contributed by atoms with Crippen LogP contribution in [-0.2, 0) is 9.47 Å². The van der Waals surface area contributed by atoms with Gasteiger partial charge >= 0.3 is 0 Å². The van der Waals surface area contributed by atoms with Crippen LogP contribution in [0.1, 0.15) is 16.9 Å². The number of benzene rings is 1. The molecule has 0 saturated carbocycles. The average Bonchev–Trinajstić information content (AvgIpc) is 3.11. The SMILES string of the molecule is COCCOCCCNC(=O)c1csc(-c2ccc(OC)cc2)n1. The van der Waals surface area contributed by atoms with E-state index in [0.29, 0.717) is 32.1 Å². The van der Waals surface area contributed by atoms with E-state index in [1.807, 2.05) is 24.3 Å². The molecule has 24 heavy (non-hydrogen) atoms. The zero-order valence-electron chi connectivity index (χ0n) is 13.9. The minimum absolute atomic E-state index is 0.164. The van der Waals surface area contributed by atoms with Gasteiger partial charge in [-0.25, -0.2) is 4.98 Å². The number of aromatic nitrogens is 1. The van der Waals surface area contributed by atoms with Crippen molar-refractivity contribution in [2.45, 2.75) is 6.42 Å². The van der Waals surface area contributed by atoms with Gasteiger partial charge in [0.25, 0.3) is 5.91 Å². The van der Waals surface area contributed by atoms with Gasteiger partial charge < -0.3 is 19.5 Å². The lowest BCUT2D eigenvalue weighted by Crippen LogP contribution is -2.25. The van der Waals surface area contributed by atoms with Crippen molar-refractivity contribution < 1.29 is 19.0 Å². The summed E-state index contributed by atoms with van der Waals surface area (Å²) in [4.78, 5) is 16.5. The number of nitrogens with one attached hydrogen (secondary N) is 1. The highest BCUT2D eigenvalue weighted by Gasteiger charge is 2.11. The zero-order valence-corrected chi connectivity index (χ0v) is 14.7. The van der Waals surface area contributed by atoms with Crippen molar-refractivity contribution in [3.05, 3.63) is 35.3 Å². The summed E-state index contributed by atoms with van der Waals surface area (Å²) in [5.41, 5.74) is 1.40. The summed E-state index contributed by atoms with van der Waals surface area (Å²) in [5.74, 6) is 0.629. The summed E-state index contributed by atoms with van der Waals surface area (Å²) in [7, 11) is 3.26. The molecule has 0 bridgehead atoms. The third kappa shape index (κ3) is 5.59. The first kappa shape index (κ1) is 18.4. The van der Waals surface area contributed by atoms with Crippen molar-refractivity contribution in [1.82, 2.24) is 10.3 Å². The summed E-state index contributed by atoms with van der Waals surface area (Å²) in [6.45, 7) is 2.31. The van der Waals surface area contributed by atoms with Crippen LogP contribution in [0.3, 0.4) is 0 Å². The Kier molecular flexibility index (Phi) is 7.67. The van der Waals surface area contributed by atoms with Crippen molar-refractivity contribution in [2.75, 3.05) is 40.6 Å². The molecule has 0 saturated heterocycles. The molecule has 0 radical (unpaired) electrons. The molecule has 0 aliphatic rings. The molecule has 1 amide bonds. The second-order valence-electron chi connectivity index (χ2n) is 4.98. The summed E-state index contributed by atoms with van der Waals surface area (Å²) >= 11 is 1.45. The van der Waals surface area contributed by atoms with E-state index in [9.17, 15) is 4.79 Å². The molecule has 2 aromatic rings. The molecule has 1 heterocycles. The molecule has 0 aliphatic carbocycles. The minimum Gasteiger partial charge on any atom is -0.497 e. The summed E-state index contributed by atoms with van der Waals surface area (Å²) in [6, 6.07) is 7.60. The smallest absolute Gasteiger partial charge is 0.270 e. The Morgan fingerprint density at radius 2 is 1.96 bits per heavy atom. The zero-order chi connectivity index (χ0) is 17.2. The summed E-state index contributed by atoms with van der Waals surface area (Å²) in [5, 5.41) is 5.43. The molecule has 1 aromatic heterocycles. The van der Waals surface area contributed by atoms with Crippen molar-refractivity contribution in [1.29, 1.82) is 0 Å². The number of nitrogens with zero attached hydrogens (tertiary/aromatic N) is 1. The van der Waals surface area contributed by atoms with E-state index in [4.69, 9.17) is 14.2 Å². The molecule has 0 atom stereocenters. The minimum atomic E-state index is -0.164. The van der Waals surface area contributed by atoms with Crippen molar-refractivity contribution >= 4 is 17.2 Å². The predicted molar refractivity (Wildman–Crippen MR) is 93.7 cm³/mol. The molecule has 1 N–H and O–H groups in total. The van der Waals surface area contributed by atoms with Crippen LogP contribution < -0.4 is 10.1 Å². The van der Waals surface area contributed by atoms with Gasteiger partial charge in [-0.2, -0.15) is 0 Å². The maximum absolute atomic E-state index is 12.1. The normalized spacial score (nSPS) is 10.6. The number of rotatable bonds is 10. The Balaban J connectivity index is 1.78. The monoisotopic (exact) mass is 350 g/mol. The highest BCUT2D eigenvalue weighted by molar-refractivity contribution is 7.13. The van der Waals surface area contributed by atoms with E-state index >= 15 is 0 Å². The van der Waals surface area contributed by atoms with Crippen LogP contribution >= 0.6 is 11.3 Å². The van der Waals surface area contributed by atoms with Gasteiger partial charge in [-0.05, 0) is 30.7 Å². The summed E-state index contributed by atoms with van der Waals surface area (Å²) < 4.78 is 15.4. The van der Waals surface area contributed by atoms with Crippen molar-refractivity contribution in [2.24, 2.45) is 0 Å². The molecule has 0 aliphatic heterocycles. The van der Waals surface area contributed by atoms with E-state index in [1.54, 1.807) is 19.6 Å². The van der Waals surface area contributed by atoms with E-state index in [2.05, 4.69) is 10.3 Å². The topological polar surface area (TPSA) is 69.7 Å². The van der Waals surface area contributed by atoms with Gasteiger partial charge in [-0.1, -0.05) is 0 Å². The van der Waals surface area contributed by atoms with Crippen LogP contribution in [0.25, 0.3) is 10.6 Å². The fourth-order valence-electron chi connectivity index (χ4n) is 1.96. The number of hydrogen-bond acceptors (Lipinski definition) is 6. The first-order valence-electron chi connectivity index (χ1n) is 7.69. The lowest BCUT2D eigenvalue weighted by molar-refractivity contribution is 0.0688. The Morgan fingerprint density at radius 3 is 2.67 bits per heavy atom. The molecule has 0 unspecified atom stereocenters. The third-order valence-electron chi connectivity index (χ3n) is 3.26. The largest absolute Gasteiger partial charge is 0.497 e. The predicted octanol–water partition coefficient (Wildman–Crippen LogP) is 2.60. The molecule has 130 valence electrons. The van der Waals surface area contributed by atoms with E-state index < -0.39 is 0 Å². The molecular formula is C17H22N2O4S. The Morgan fingerprint density at radius 1 is 1.17 bits per heavy atom. The molecular weight excluding hydrogens is 328 g/mol. The van der Waals surface area contributed by atoms with Crippen LogP contribution in [0.4, 0.5) is 0 Å². The lowest BCUT2D eigenvalue weighted by atomic mass is 10.2. The van der Waals surface area contributed by atoms with E-state index in [-0.39, 0.29) is 5.91 Å². The van der Waals surface area contributed by atoms with Gasteiger partial charge in [0.15, 0.2) is 0 Å². The highest BCUT2D eigenvalue weighted by atomic mass is 32.1. The lowest BCUT2D eigenvalue weighted by Gasteiger charge is -2.04. The number of ether oxygens (including phenoxy) is 3. The van der Waals surface area contributed by atoms with Gasteiger partial charge in [0, 0.05) is 31.2 Å². The van der Waals surface area contributed by atoms with Crippen LogP contribution in [-0.4, -0.2) is 51.5 Å². The molecule has 2 rings (SSSR count). The Labute approximate surface area is 145 Å². The fourth-order valence-corrected chi connectivity index (χ4v) is 2.76. The quantitative estimate of drug-likeness (QED) is 0.667. The van der Waals surface area contributed by atoms with E-state index in [0.717, 1.165) is 22.7 Å². The van der Waals surface area contributed by atoms with Crippen LogP contribution in [0.2, 0.25) is 0 Å². The molecule has 7 heteroatoms. The van der Waals surface area contributed by atoms with E-state index in [1.165, 1.54) is 11.3 Å². The first-order chi connectivity index (χ1) is 11.7. The fraction of sp³-hybridized carbons (Fsp3) is 0.412. The Bertz CT molecular complexity index is 628. The van der Waals surface area contributed by atoms with Crippen molar-refractivity contribution in [3.63, 3.8) is 0 Å². The van der Waals surface area contributed by atoms with Gasteiger partial charge in [-0.3, -0.25) is 4.79 Å². The van der Waals surface area contributed by atoms with Gasteiger partial charge in [-0.15, -0.1) is 11.3 Å². The second kappa shape index (κ2) is 10.0. The highest BCUT2D eigenvalue weighted by Crippen LogP contribution is 2.25. The third-order valence-corrected chi connectivity index (χ3v) is 4.15. The number of carbonyl (C=O) groups is 1. The standard InChI is InChI=1S/C17H22N2O4S/c1-21-10-11-23-9-3-8-18-16(20)15-12-24-17(19-15)13-4-6-14(22-2)7-5-13/h4-7,12H,3,8-11H2,1-2H3,(H,18,20). The average molecular weight is 350 g/mol. The second-order valence-corrected chi connectivity index (χ2v) is 5.84. The number of carbonyl (C=O) groups excluding carboxylic acids is 1. The number of methoxy groups -OCH3 is 2. The Hall–Kier alpha value is -1.96. The van der Waals surface area contributed by atoms with Gasteiger partial charge in [0.05, 0.1) is 20.3 Å². The number of amides is 1. The van der Waals surface area contributed by atoms with Gasteiger partial charge in [0.1, 0.15) is 16.5 Å². The molecule has 0 fully saturated rings. The first-order valence-corrected chi connectivity index (χ1v) is 8.57. The molecule has 0 spiro atoms. The maximum Gasteiger partial charge on any atom is 0.270 e. The van der Waals surface area contributed by atoms with Crippen LogP contribution in [0.5, 0.6) is 5.75 Å². The van der Waals surface area contributed by atoms with Gasteiger partial charge in [0.2, 0.25) is 0 Å². The molecule has 1 aromatic carbocycles. The molecule has 6 nitrogen and oxygen atoms in total. The summed E-state index contributed by atoms with van der Waals surface area (Å²) in [6.07, 6.45) is 0.755. The van der Waals surface area contributed by atoms with Crippen LogP contribution in [0, 0.1) is 0 Å². The van der Waals surface area contributed by atoms with Crippen LogP contribution in [0.15, 0.2) is 29.6 Å². The number of hydrogen-bond donors (Lipinski definition) is 1. The van der Waals surface area contributed by atoms with Crippen molar-refractivity contribution in [3.8, 4) is 16.3 Å². The number of thiazole rings is 1.